The second-order valence-corrected chi connectivity index (χ2v) is 5.81. The van der Waals surface area contributed by atoms with Gasteiger partial charge in [0.25, 0.3) is 0 Å². The number of hydrogen-bond acceptors (Lipinski definition) is 6. The first-order chi connectivity index (χ1) is 10.8. The number of nitrogens with zero attached hydrogens (tertiary/aromatic N) is 2. The minimum Gasteiger partial charge on any atom is -0.379 e. The summed E-state index contributed by atoms with van der Waals surface area (Å²) in [6, 6.07) is 1.88. The van der Waals surface area contributed by atoms with Gasteiger partial charge in [-0.25, -0.2) is 4.98 Å². The van der Waals surface area contributed by atoms with Gasteiger partial charge in [0, 0.05) is 19.3 Å². The third-order valence-corrected chi connectivity index (χ3v) is 4.01. The molecular formula is C15H23N5O2. The maximum Gasteiger partial charge on any atom is 0.242 e. The number of rotatable bonds is 4. The molecule has 0 spiro atoms. The number of anilines is 2. The highest BCUT2D eigenvalue weighted by atomic mass is 16.5. The average Bonchev–Trinajstić information content (AvgIpc) is 2.74. The van der Waals surface area contributed by atoms with Crippen LogP contribution in [0.4, 0.5) is 11.8 Å². The van der Waals surface area contributed by atoms with Gasteiger partial charge in [-0.1, -0.05) is 0 Å². The van der Waals surface area contributed by atoms with Crippen LogP contribution in [0.15, 0.2) is 12.3 Å². The third-order valence-electron chi connectivity index (χ3n) is 4.01. The first-order valence-corrected chi connectivity index (χ1v) is 8.03. The molecule has 2 atom stereocenters. The molecule has 2 aliphatic rings. The van der Waals surface area contributed by atoms with E-state index in [1.165, 1.54) is 0 Å². The molecule has 7 heteroatoms. The fraction of sp³-hybridized carbons (Fsp3) is 0.667. The Kier molecular flexibility index (Phi) is 5.05. The van der Waals surface area contributed by atoms with Crippen LogP contribution in [0.1, 0.15) is 32.1 Å². The van der Waals surface area contributed by atoms with Crippen molar-refractivity contribution in [2.45, 2.75) is 44.2 Å². The van der Waals surface area contributed by atoms with Crippen LogP contribution in [0.25, 0.3) is 0 Å². The predicted molar refractivity (Wildman–Crippen MR) is 83.8 cm³/mol. The van der Waals surface area contributed by atoms with Crippen LogP contribution in [0, 0.1) is 0 Å². The highest BCUT2D eigenvalue weighted by molar-refractivity contribution is 5.84. The minimum atomic E-state index is -0.254. The number of hydrogen-bond donors (Lipinski definition) is 3. The van der Waals surface area contributed by atoms with Crippen molar-refractivity contribution in [3.8, 4) is 0 Å². The Morgan fingerprint density at radius 3 is 3.05 bits per heavy atom. The molecule has 2 fully saturated rings. The summed E-state index contributed by atoms with van der Waals surface area (Å²) in [7, 11) is 0. The number of ether oxygens (including phenoxy) is 1. The molecular weight excluding hydrogens is 282 g/mol. The summed E-state index contributed by atoms with van der Waals surface area (Å²) in [6.45, 7) is 2.30. The fourth-order valence-electron chi connectivity index (χ4n) is 2.81. The zero-order valence-corrected chi connectivity index (χ0v) is 12.7. The first kappa shape index (κ1) is 15.0. The molecule has 0 saturated carbocycles. The molecule has 3 heterocycles. The summed E-state index contributed by atoms with van der Waals surface area (Å²) in [6.07, 6.45) is 6.70. The van der Waals surface area contributed by atoms with E-state index in [1.54, 1.807) is 6.20 Å². The molecule has 0 bridgehead atoms. The highest BCUT2D eigenvalue weighted by Crippen LogP contribution is 2.15. The second-order valence-electron chi connectivity index (χ2n) is 5.81. The van der Waals surface area contributed by atoms with Crippen LogP contribution < -0.4 is 16.0 Å². The highest BCUT2D eigenvalue weighted by Gasteiger charge is 2.21. The van der Waals surface area contributed by atoms with E-state index in [4.69, 9.17) is 4.74 Å². The number of nitrogens with one attached hydrogen (secondary N) is 3. The summed E-state index contributed by atoms with van der Waals surface area (Å²) in [5.41, 5.74) is 0. The fourth-order valence-corrected chi connectivity index (χ4v) is 2.81. The standard InChI is InChI=1S/C15H23N5O2/c21-14-12(5-1-2-7-16-14)19-15-17-8-6-13(20-15)18-11-4-3-9-22-10-11/h6,8,11-12H,1-5,7,9-10H2,(H,16,21)(H2,17,18,19,20)/t11-,12-/m0/s1. The SMILES string of the molecule is O=C1NCCCC[C@@H]1Nc1nccc(N[C@H]2CCCOC2)n1. The summed E-state index contributed by atoms with van der Waals surface area (Å²) in [5, 5.41) is 9.41. The Morgan fingerprint density at radius 1 is 1.23 bits per heavy atom. The Labute approximate surface area is 130 Å². The van der Waals surface area contributed by atoms with Crippen LogP contribution in [0.2, 0.25) is 0 Å². The van der Waals surface area contributed by atoms with E-state index in [2.05, 4.69) is 25.9 Å². The summed E-state index contributed by atoms with van der Waals surface area (Å²) >= 11 is 0. The van der Waals surface area contributed by atoms with Gasteiger partial charge >= 0.3 is 0 Å². The molecule has 1 amide bonds. The Morgan fingerprint density at radius 2 is 2.18 bits per heavy atom. The Hall–Kier alpha value is -1.89. The van der Waals surface area contributed by atoms with Gasteiger partial charge in [-0.15, -0.1) is 0 Å². The van der Waals surface area contributed by atoms with E-state index >= 15 is 0 Å². The van der Waals surface area contributed by atoms with E-state index in [0.717, 1.165) is 51.1 Å². The smallest absolute Gasteiger partial charge is 0.242 e. The zero-order chi connectivity index (χ0) is 15.2. The lowest BCUT2D eigenvalue weighted by molar-refractivity contribution is -0.121. The van der Waals surface area contributed by atoms with E-state index in [9.17, 15) is 4.79 Å². The minimum absolute atomic E-state index is 0.0279. The number of aromatic nitrogens is 2. The lowest BCUT2D eigenvalue weighted by Crippen LogP contribution is -2.38. The van der Waals surface area contributed by atoms with Crippen LogP contribution in [-0.2, 0) is 9.53 Å². The molecule has 1 aromatic heterocycles. The normalized spacial score (nSPS) is 25.9. The van der Waals surface area contributed by atoms with Crippen LogP contribution >= 0.6 is 0 Å². The summed E-state index contributed by atoms with van der Waals surface area (Å²) in [4.78, 5) is 20.6. The third kappa shape index (κ3) is 4.07. The van der Waals surface area contributed by atoms with E-state index in [1.807, 2.05) is 6.07 Å². The maximum atomic E-state index is 12.0. The number of carbonyl (C=O) groups excluding carboxylic acids is 1. The van der Waals surface area contributed by atoms with Gasteiger partial charge in [0.2, 0.25) is 11.9 Å². The molecule has 1 aromatic rings. The van der Waals surface area contributed by atoms with Crippen molar-refractivity contribution in [2.75, 3.05) is 30.4 Å². The van der Waals surface area contributed by atoms with Crippen molar-refractivity contribution < 1.29 is 9.53 Å². The van der Waals surface area contributed by atoms with Gasteiger partial charge in [-0.3, -0.25) is 4.79 Å². The lowest BCUT2D eigenvalue weighted by Gasteiger charge is -2.23. The van der Waals surface area contributed by atoms with Crippen molar-refractivity contribution in [3.63, 3.8) is 0 Å². The van der Waals surface area contributed by atoms with Gasteiger partial charge in [0.05, 0.1) is 12.6 Å². The molecule has 22 heavy (non-hydrogen) atoms. The van der Waals surface area contributed by atoms with Crippen LogP contribution in [0.5, 0.6) is 0 Å². The van der Waals surface area contributed by atoms with Crippen molar-refractivity contribution >= 4 is 17.7 Å². The molecule has 120 valence electrons. The zero-order valence-electron chi connectivity index (χ0n) is 12.7. The van der Waals surface area contributed by atoms with Gasteiger partial charge < -0.3 is 20.7 Å². The first-order valence-electron chi connectivity index (χ1n) is 8.03. The molecule has 0 unspecified atom stereocenters. The van der Waals surface area contributed by atoms with Crippen LogP contribution in [-0.4, -0.2) is 47.7 Å². The van der Waals surface area contributed by atoms with Crippen molar-refractivity contribution in [3.05, 3.63) is 12.3 Å². The second kappa shape index (κ2) is 7.40. The topological polar surface area (TPSA) is 88.2 Å². The molecule has 3 rings (SSSR count). The van der Waals surface area contributed by atoms with Crippen LogP contribution in [0.3, 0.4) is 0 Å². The number of carbonyl (C=O) groups is 1. The molecule has 7 nitrogen and oxygen atoms in total. The van der Waals surface area contributed by atoms with Gasteiger partial charge in [0.15, 0.2) is 0 Å². The Balaban J connectivity index is 1.61. The average molecular weight is 305 g/mol. The van der Waals surface area contributed by atoms with Gasteiger partial charge in [-0.05, 0) is 38.2 Å². The lowest BCUT2D eigenvalue weighted by atomic mass is 10.1. The summed E-state index contributed by atoms with van der Waals surface area (Å²) < 4.78 is 5.46. The molecule has 3 N–H and O–H groups in total. The molecule has 0 aromatic carbocycles. The quantitative estimate of drug-likeness (QED) is 0.773. The van der Waals surface area contributed by atoms with E-state index < -0.39 is 0 Å². The van der Waals surface area contributed by atoms with Crippen molar-refractivity contribution in [2.24, 2.45) is 0 Å². The molecule has 0 radical (unpaired) electrons. The van der Waals surface area contributed by atoms with Gasteiger partial charge in [-0.2, -0.15) is 4.98 Å². The van der Waals surface area contributed by atoms with E-state index in [-0.39, 0.29) is 18.0 Å². The Bertz CT molecular complexity index is 504. The number of amides is 1. The molecule has 2 aliphatic heterocycles. The summed E-state index contributed by atoms with van der Waals surface area (Å²) in [5.74, 6) is 1.28. The molecule has 0 aliphatic carbocycles. The maximum absolute atomic E-state index is 12.0. The van der Waals surface area contributed by atoms with Crippen molar-refractivity contribution in [1.82, 2.24) is 15.3 Å². The monoisotopic (exact) mass is 305 g/mol. The largest absolute Gasteiger partial charge is 0.379 e. The van der Waals surface area contributed by atoms with Crippen molar-refractivity contribution in [1.29, 1.82) is 0 Å². The predicted octanol–water partition coefficient (Wildman–Crippen LogP) is 1.15. The molecule has 2 saturated heterocycles. The van der Waals surface area contributed by atoms with E-state index in [0.29, 0.717) is 12.6 Å². The van der Waals surface area contributed by atoms with Gasteiger partial charge in [0.1, 0.15) is 11.9 Å².